The molecule has 8 heteroatoms. The third kappa shape index (κ3) is 3.96. The van der Waals surface area contributed by atoms with E-state index >= 15 is 0 Å². The summed E-state index contributed by atoms with van der Waals surface area (Å²) in [7, 11) is 0. The maximum Gasteiger partial charge on any atom is 0.272 e. The van der Waals surface area contributed by atoms with Crippen LogP contribution < -0.4 is 10.9 Å². The average molecular weight is 391 g/mol. The molecule has 2 heterocycles. The highest BCUT2D eigenvalue weighted by Crippen LogP contribution is 2.24. The Labute approximate surface area is 158 Å². The van der Waals surface area contributed by atoms with Crippen LogP contribution in [-0.4, -0.2) is 20.7 Å². The number of halogens is 1. The first-order chi connectivity index (χ1) is 12.5. The van der Waals surface area contributed by atoms with E-state index in [0.29, 0.717) is 28.5 Å². The van der Waals surface area contributed by atoms with Gasteiger partial charge in [0.05, 0.1) is 10.8 Å². The van der Waals surface area contributed by atoms with Crippen LogP contribution >= 0.6 is 23.1 Å². The number of rotatable bonds is 6. The lowest BCUT2D eigenvalue weighted by atomic mass is 10.2. The summed E-state index contributed by atoms with van der Waals surface area (Å²) in [6.45, 7) is 4.47. The largest absolute Gasteiger partial charge is 0.351 e. The molecule has 0 saturated heterocycles. The van der Waals surface area contributed by atoms with Crippen molar-refractivity contribution in [1.29, 1.82) is 0 Å². The van der Waals surface area contributed by atoms with Crippen LogP contribution in [0, 0.1) is 5.82 Å². The van der Waals surface area contributed by atoms with Crippen molar-refractivity contribution in [3.05, 3.63) is 57.4 Å². The molecule has 0 fully saturated rings. The molecule has 1 aromatic carbocycles. The highest BCUT2D eigenvalue weighted by atomic mass is 32.2. The number of nitrogens with one attached hydrogen (secondary N) is 1. The first kappa shape index (κ1) is 18.6. The average Bonchev–Trinajstić information content (AvgIpc) is 3.10. The number of nitrogens with zero attached hydrogens (tertiary/aromatic N) is 2. The summed E-state index contributed by atoms with van der Waals surface area (Å²) in [5.41, 5.74) is 1.40. The second-order valence-corrected chi connectivity index (χ2v) is 7.91. The number of fused-ring (bicyclic) bond motifs is 1. The molecular formula is C18H18FN3O2S2. The Morgan fingerprint density at radius 2 is 2.08 bits per heavy atom. The van der Waals surface area contributed by atoms with Crippen LogP contribution in [0.2, 0.25) is 0 Å². The van der Waals surface area contributed by atoms with E-state index < -0.39 is 5.25 Å². The van der Waals surface area contributed by atoms with Crippen molar-refractivity contribution in [2.75, 3.05) is 0 Å². The molecule has 26 heavy (non-hydrogen) atoms. The van der Waals surface area contributed by atoms with E-state index in [0.717, 1.165) is 5.56 Å². The first-order valence-corrected chi connectivity index (χ1v) is 9.92. The molecule has 1 N–H and O–H groups in total. The smallest absolute Gasteiger partial charge is 0.272 e. The van der Waals surface area contributed by atoms with Crippen LogP contribution in [-0.2, 0) is 17.9 Å². The van der Waals surface area contributed by atoms with Gasteiger partial charge in [-0.1, -0.05) is 23.9 Å². The van der Waals surface area contributed by atoms with Gasteiger partial charge in [0, 0.05) is 13.1 Å². The third-order valence-electron chi connectivity index (χ3n) is 3.88. The van der Waals surface area contributed by atoms with Gasteiger partial charge in [0.15, 0.2) is 5.16 Å². The minimum absolute atomic E-state index is 0.0751. The van der Waals surface area contributed by atoms with Crippen LogP contribution in [0.1, 0.15) is 19.4 Å². The number of carbonyl (C=O) groups is 1. The van der Waals surface area contributed by atoms with Crippen molar-refractivity contribution < 1.29 is 9.18 Å². The fourth-order valence-electron chi connectivity index (χ4n) is 2.44. The molecule has 2 aromatic heterocycles. The van der Waals surface area contributed by atoms with Gasteiger partial charge in [0.25, 0.3) is 5.56 Å². The van der Waals surface area contributed by atoms with Crippen molar-refractivity contribution >= 4 is 39.2 Å². The fraction of sp³-hybridized carbons (Fsp3) is 0.278. The van der Waals surface area contributed by atoms with Gasteiger partial charge in [-0.3, -0.25) is 14.2 Å². The Morgan fingerprint density at radius 3 is 2.77 bits per heavy atom. The molecular weight excluding hydrogens is 373 g/mol. The highest BCUT2D eigenvalue weighted by Gasteiger charge is 2.19. The van der Waals surface area contributed by atoms with Crippen molar-refractivity contribution in [2.24, 2.45) is 0 Å². The number of aromatic nitrogens is 2. The zero-order valence-corrected chi connectivity index (χ0v) is 16.0. The Morgan fingerprint density at radius 1 is 1.35 bits per heavy atom. The zero-order chi connectivity index (χ0) is 18.7. The Hall–Kier alpha value is -2.19. The molecule has 1 unspecified atom stereocenters. The quantitative estimate of drug-likeness (QED) is 0.517. The van der Waals surface area contributed by atoms with Crippen LogP contribution in [0.3, 0.4) is 0 Å². The van der Waals surface area contributed by atoms with Gasteiger partial charge in [0.2, 0.25) is 5.91 Å². The van der Waals surface area contributed by atoms with Crippen LogP contribution in [0.5, 0.6) is 0 Å². The van der Waals surface area contributed by atoms with Crippen molar-refractivity contribution in [1.82, 2.24) is 14.9 Å². The first-order valence-electron chi connectivity index (χ1n) is 8.16. The van der Waals surface area contributed by atoms with Gasteiger partial charge in [-0.15, -0.1) is 11.3 Å². The topological polar surface area (TPSA) is 64.0 Å². The Kier molecular flexibility index (Phi) is 5.73. The van der Waals surface area contributed by atoms with Crippen LogP contribution in [0.25, 0.3) is 10.2 Å². The monoisotopic (exact) mass is 391 g/mol. The number of hydrogen-bond donors (Lipinski definition) is 1. The Balaban J connectivity index is 1.71. The summed E-state index contributed by atoms with van der Waals surface area (Å²) < 4.78 is 15.1. The third-order valence-corrected chi connectivity index (χ3v) is 5.86. The highest BCUT2D eigenvalue weighted by molar-refractivity contribution is 8.00. The Bertz CT molecular complexity index is 982. The maximum absolute atomic E-state index is 12.9. The van der Waals surface area contributed by atoms with Crippen LogP contribution in [0.4, 0.5) is 4.39 Å². The lowest BCUT2D eigenvalue weighted by molar-refractivity contribution is -0.120. The summed E-state index contributed by atoms with van der Waals surface area (Å²) in [5.74, 6) is -0.474. The van der Waals surface area contributed by atoms with Crippen molar-refractivity contribution in [3.63, 3.8) is 0 Å². The van der Waals surface area contributed by atoms with Gasteiger partial charge < -0.3 is 5.32 Å². The fourth-order valence-corrected chi connectivity index (χ4v) is 4.21. The molecule has 0 aliphatic carbocycles. The van der Waals surface area contributed by atoms with E-state index in [9.17, 15) is 14.0 Å². The number of thioether (sulfide) groups is 1. The summed E-state index contributed by atoms with van der Waals surface area (Å²) in [5, 5.41) is 4.78. The van der Waals surface area contributed by atoms with E-state index in [2.05, 4.69) is 10.3 Å². The van der Waals surface area contributed by atoms with Crippen molar-refractivity contribution in [2.45, 2.75) is 37.3 Å². The molecule has 136 valence electrons. The normalized spacial score (nSPS) is 12.3. The summed E-state index contributed by atoms with van der Waals surface area (Å²) >= 11 is 2.63. The van der Waals surface area contributed by atoms with Gasteiger partial charge in [-0.2, -0.15) is 0 Å². The lowest BCUT2D eigenvalue weighted by Gasteiger charge is -2.14. The number of amides is 1. The SMILES string of the molecule is CCn1c(SC(C)C(=O)NCc2ccc(F)cc2)nc2ccsc2c1=O. The molecule has 0 spiro atoms. The van der Waals surface area contributed by atoms with Gasteiger partial charge >= 0.3 is 0 Å². The van der Waals surface area contributed by atoms with E-state index in [4.69, 9.17) is 0 Å². The zero-order valence-electron chi connectivity index (χ0n) is 14.4. The molecule has 1 atom stereocenters. The molecule has 0 aliphatic heterocycles. The molecule has 0 saturated carbocycles. The standard InChI is InChI=1S/C18H18FN3O2S2/c1-3-22-17(24)15-14(8-9-25-15)21-18(22)26-11(2)16(23)20-10-12-4-6-13(19)7-5-12/h4-9,11H,3,10H2,1-2H3,(H,20,23). The molecule has 3 rings (SSSR count). The molecule has 0 radical (unpaired) electrons. The molecule has 0 bridgehead atoms. The summed E-state index contributed by atoms with van der Waals surface area (Å²) in [6.07, 6.45) is 0. The number of thiophene rings is 1. The minimum atomic E-state index is -0.420. The molecule has 3 aromatic rings. The lowest BCUT2D eigenvalue weighted by Crippen LogP contribution is -2.31. The summed E-state index contributed by atoms with van der Waals surface area (Å²) in [4.78, 5) is 29.4. The van der Waals surface area contributed by atoms with E-state index in [1.165, 1.54) is 35.2 Å². The van der Waals surface area contributed by atoms with Gasteiger partial charge in [-0.05, 0) is 43.0 Å². The second-order valence-electron chi connectivity index (χ2n) is 5.68. The predicted molar refractivity (Wildman–Crippen MR) is 103 cm³/mol. The van der Waals surface area contributed by atoms with E-state index in [1.54, 1.807) is 23.6 Å². The second kappa shape index (κ2) is 8.01. The maximum atomic E-state index is 12.9. The van der Waals surface area contributed by atoms with Crippen molar-refractivity contribution in [3.8, 4) is 0 Å². The minimum Gasteiger partial charge on any atom is -0.351 e. The van der Waals surface area contributed by atoms with Gasteiger partial charge in [-0.25, -0.2) is 9.37 Å². The van der Waals surface area contributed by atoms with Crippen LogP contribution in [0.15, 0.2) is 45.7 Å². The number of hydrogen-bond acceptors (Lipinski definition) is 5. The number of benzene rings is 1. The van der Waals surface area contributed by atoms with Gasteiger partial charge in [0.1, 0.15) is 10.5 Å². The predicted octanol–water partition coefficient (Wildman–Crippen LogP) is 3.41. The molecule has 0 aliphatic rings. The van der Waals surface area contributed by atoms with E-state index in [-0.39, 0.29) is 17.3 Å². The molecule has 1 amide bonds. The summed E-state index contributed by atoms with van der Waals surface area (Å²) in [6, 6.07) is 7.80. The number of carbonyl (C=O) groups excluding carboxylic acids is 1. The molecule has 5 nitrogen and oxygen atoms in total. The van der Waals surface area contributed by atoms with E-state index in [1.807, 2.05) is 18.4 Å².